The number of ketones is 1. The van der Waals surface area contributed by atoms with E-state index in [1.807, 2.05) is 14.1 Å². The van der Waals surface area contributed by atoms with Crippen molar-refractivity contribution in [2.45, 2.75) is 13.0 Å². The summed E-state index contributed by atoms with van der Waals surface area (Å²) in [6.07, 6.45) is 0.661. The summed E-state index contributed by atoms with van der Waals surface area (Å²) in [6, 6.07) is 4.44. The fourth-order valence-corrected chi connectivity index (χ4v) is 3.24. The van der Waals surface area contributed by atoms with Gasteiger partial charge < -0.3 is 19.9 Å². The Bertz CT molecular complexity index is 839. The molecule has 2 amide bonds. The predicted molar refractivity (Wildman–Crippen MR) is 102 cm³/mol. The zero-order valence-corrected chi connectivity index (χ0v) is 16.1. The van der Waals surface area contributed by atoms with E-state index in [0.29, 0.717) is 23.5 Å². The van der Waals surface area contributed by atoms with Gasteiger partial charge in [0.05, 0.1) is 31.0 Å². The van der Waals surface area contributed by atoms with Crippen molar-refractivity contribution in [2.75, 3.05) is 50.1 Å². The van der Waals surface area contributed by atoms with Crippen LogP contribution in [0.2, 0.25) is 0 Å². The number of nitrogens with one attached hydrogen (secondary N) is 1. The van der Waals surface area contributed by atoms with Crippen molar-refractivity contribution in [1.29, 1.82) is 0 Å². The zero-order chi connectivity index (χ0) is 20.4. The maximum Gasteiger partial charge on any atom is 0.414 e. The van der Waals surface area contributed by atoms with Gasteiger partial charge in [-0.2, -0.15) is 0 Å². The molecule has 0 spiro atoms. The zero-order valence-electron chi connectivity index (χ0n) is 16.1. The van der Waals surface area contributed by atoms with E-state index in [1.54, 1.807) is 28.1 Å². The molecule has 2 fully saturated rings. The summed E-state index contributed by atoms with van der Waals surface area (Å²) < 4.78 is 19.9. The molecule has 0 aromatic heterocycles. The molecule has 1 aromatic carbocycles. The smallest absolute Gasteiger partial charge is 0.414 e. The van der Waals surface area contributed by atoms with E-state index in [4.69, 9.17) is 4.74 Å². The van der Waals surface area contributed by atoms with Crippen LogP contribution in [0.25, 0.3) is 0 Å². The molecule has 2 heterocycles. The minimum atomic E-state index is -0.588. The van der Waals surface area contributed by atoms with Gasteiger partial charge in [0.1, 0.15) is 11.9 Å². The Morgan fingerprint density at radius 3 is 2.75 bits per heavy atom. The maximum absolute atomic E-state index is 14.7. The largest absolute Gasteiger partial charge is 0.442 e. The number of carbonyl (C=O) groups is 3. The van der Waals surface area contributed by atoms with Crippen LogP contribution in [-0.2, 0) is 14.3 Å². The number of ether oxygens (including phenoxy) is 1. The van der Waals surface area contributed by atoms with Gasteiger partial charge in [-0.15, -0.1) is 0 Å². The van der Waals surface area contributed by atoms with Crippen LogP contribution in [0.4, 0.5) is 20.6 Å². The lowest BCUT2D eigenvalue weighted by Crippen LogP contribution is -2.33. The Hall–Kier alpha value is -3.10. The van der Waals surface area contributed by atoms with Gasteiger partial charge in [-0.1, -0.05) is 0 Å². The molecule has 8 nitrogen and oxygen atoms in total. The highest BCUT2D eigenvalue weighted by Gasteiger charge is 2.33. The molecule has 150 valence electrons. The van der Waals surface area contributed by atoms with Crippen molar-refractivity contribution in [3.8, 4) is 0 Å². The van der Waals surface area contributed by atoms with Crippen LogP contribution in [0, 0.1) is 5.82 Å². The van der Waals surface area contributed by atoms with Crippen LogP contribution in [0.5, 0.6) is 0 Å². The van der Waals surface area contributed by atoms with Gasteiger partial charge in [-0.25, -0.2) is 9.18 Å². The maximum atomic E-state index is 14.7. The number of halogens is 1. The lowest BCUT2D eigenvalue weighted by molar-refractivity contribution is -0.119. The number of benzene rings is 1. The van der Waals surface area contributed by atoms with E-state index < -0.39 is 18.0 Å². The highest BCUT2D eigenvalue weighted by molar-refractivity contribution is 6.02. The van der Waals surface area contributed by atoms with Crippen LogP contribution in [0.15, 0.2) is 30.0 Å². The Balaban J connectivity index is 1.72. The summed E-state index contributed by atoms with van der Waals surface area (Å²) in [5, 5.41) is 2.60. The molecule has 3 rings (SSSR count). The molecule has 0 bridgehead atoms. The van der Waals surface area contributed by atoms with Gasteiger partial charge >= 0.3 is 6.09 Å². The first-order chi connectivity index (χ1) is 13.2. The van der Waals surface area contributed by atoms with Crippen molar-refractivity contribution >= 4 is 29.2 Å². The SMILES string of the molecule is CC(=O)NC[C@H]1CN(c2ccc(N3CC(=O)/C(=C/N(C)C)C3)c(F)c2)C(=O)O1. The van der Waals surface area contributed by atoms with Gasteiger partial charge in [-0.3, -0.25) is 14.5 Å². The molecule has 2 aliphatic heterocycles. The molecular weight excluding hydrogens is 367 g/mol. The van der Waals surface area contributed by atoms with E-state index in [2.05, 4.69) is 5.32 Å². The molecule has 2 saturated heterocycles. The van der Waals surface area contributed by atoms with Gasteiger partial charge in [0.2, 0.25) is 5.91 Å². The number of nitrogens with zero attached hydrogens (tertiary/aromatic N) is 3. The highest BCUT2D eigenvalue weighted by Crippen LogP contribution is 2.30. The van der Waals surface area contributed by atoms with E-state index in [9.17, 15) is 18.8 Å². The Morgan fingerprint density at radius 1 is 1.36 bits per heavy atom. The third kappa shape index (κ3) is 4.24. The molecule has 0 aliphatic carbocycles. The molecule has 1 aromatic rings. The van der Waals surface area contributed by atoms with Crippen LogP contribution in [0.3, 0.4) is 0 Å². The van der Waals surface area contributed by atoms with Gasteiger partial charge in [0.15, 0.2) is 5.78 Å². The van der Waals surface area contributed by atoms with Crippen molar-refractivity contribution in [3.05, 3.63) is 35.8 Å². The topological polar surface area (TPSA) is 82.2 Å². The van der Waals surface area contributed by atoms with Gasteiger partial charge in [0.25, 0.3) is 0 Å². The fourth-order valence-electron chi connectivity index (χ4n) is 3.24. The second kappa shape index (κ2) is 7.87. The number of cyclic esters (lactones) is 1. The molecule has 0 unspecified atom stereocenters. The minimum absolute atomic E-state index is 0.0406. The molecular formula is C19H23FN4O4. The highest BCUT2D eigenvalue weighted by atomic mass is 19.1. The summed E-state index contributed by atoms with van der Waals surface area (Å²) >= 11 is 0. The second-order valence-corrected chi connectivity index (χ2v) is 7.09. The average molecular weight is 390 g/mol. The molecule has 9 heteroatoms. The summed E-state index contributed by atoms with van der Waals surface area (Å²) in [6.45, 7) is 2.24. The summed E-state index contributed by atoms with van der Waals surface area (Å²) in [5.74, 6) is -0.775. The van der Waals surface area contributed by atoms with Crippen molar-refractivity contribution in [1.82, 2.24) is 10.2 Å². The molecule has 1 atom stereocenters. The quantitative estimate of drug-likeness (QED) is 0.759. The summed E-state index contributed by atoms with van der Waals surface area (Å²) in [5.41, 5.74) is 1.30. The van der Waals surface area contributed by atoms with E-state index in [-0.39, 0.29) is 31.3 Å². The van der Waals surface area contributed by atoms with E-state index in [1.165, 1.54) is 17.9 Å². The van der Waals surface area contributed by atoms with Gasteiger partial charge in [0, 0.05) is 39.3 Å². The first kappa shape index (κ1) is 19.7. The Labute approximate surface area is 162 Å². The minimum Gasteiger partial charge on any atom is -0.442 e. The van der Waals surface area contributed by atoms with Crippen molar-refractivity contribution in [3.63, 3.8) is 0 Å². The van der Waals surface area contributed by atoms with Crippen LogP contribution in [-0.4, -0.2) is 69.1 Å². The normalized spacial score (nSPS) is 20.7. The average Bonchev–Trinajstić information content (AvgIpc) is 3.15. The third-order valence-electron chi connectivity index (χ3n) is 4.50. The molecule has 0 radical (unpaired) electrons. The molecule has 2 aliphatic rings. The number of hydrogen-bond donors (Lipinski definition) is 1. The Morgan fingerprint density at radius 2 is 2.11 bits per heavy atom. The lowest BCUT2D eigenvalue weighted by Gasteiger charge is -2.20. The van der Waals surface area contributed by atoms with Crippen molar-refractivity contribution in [2.24, 2.45) is 0 Å². The number of Topliss-reactive ketones (excluding diaryl/α,β-unsaturated/α-hetero) is 1. The van der Waals surface area contributed by atoms with Gasteiger partial charge in [-0.05, 0) is 18.2 Å². The molecule has 28 heavy (non-hydrogen) atoms. The van der Waals surface area contributed by atoms with Crippen LogP contribution >= 0.6 is 0 Å². The summed E-state index contributed by atoms with van der Waals surface area (Å²) in [4.78, 5) is 40.0. The lowest BCUT2D eigenvalue weighted by atomic mass is 10.2. The van der Waals surface area contributed by atoms with Crippen LogP contribution < -0.4 is 15.1 Å². The monoisotopic (exact) mass is 390 g/mol. The summed E-state index contributed by atoms with van der Waals surface area (Å²) in [7, 11) is 3.65. The molecule has 0 saturated carbocycles. The molecule has 1 N–H and O–H groups in total. The van der Waals surface area contributed by atoms with E-state index in [0.717, 1.165) is 0 Å². The predicted octanol–water partition coefficient (Wildman–Crippen LogP) is 1.12. The first-order valence-electron chi connectivity index (χ1n) is 8.92. The van der Waals surface area contributed by atoms with Crippen LogP contribution in [0.1, 0.15) is 6.92 Å². The Kier molecular flexibility index (Phi) is 5.53. The standard InChI is InChI=1S/C19H23FN4O4/c1-12(25)21-7-15-10-24(19(27)28-15)14-4-5-17(16(20)6-14)23-9-13(8-22(2)3)18(26)11-23/h4-6,8,15H,7,9-11H2,1-3H3,(H,21,25)/b13-8+/t15-/m0/s1. The van der Waals surface area contributed by atoms with E-state index >= 15 is 0 Å². The van der Waals surface area contributed by atoms with Crippen molar-refractivity contribution < 1.29 is 23.5 Å². The second-order valence-electron chi connectivity index (χ2n) is 7.09. The third-order valence-corrected chi connectivity index (χ3v) is 4.50. The first-order valence-corrected chi connectivity index (χ1v) is 8.92. The number of hydrogen-bond acceptors (Lipinski definition) is 6. The fraction of sp³-hybridized carbons (Fsp3) is 0.421. The number of rotatable bonds is 5. The number of amides is 2. The number of anilines is 2. The number of carbonyl (C=O) groups excluding carboxylic acids is 3.